The third-order valence-electron chi connectivity index (χ3n) is 2.11. The molecular weight excluding hydrogens is 206 g/mol. The summed E-state index contributed by atoms with van der Waals surface area (Å²) in [6, 6.07) is 3.47. The molecule has 0 aliphatic rings. The summed E-state index contributed by atoms with van der Waals surface area (Å²) in [5.74, 6) is 0.742. The fraction of sp³-hybridized carbons (Fsp3) is 0.100. The topological polar surface area (TPSA) is 89.3 Å². The molecule has 3 N–H and O–H groups in total. The Morgan fingerprint density at radius 3 is 2.94 bits per heavy atom. The fourth-order valence-electron chi connectivity index (χ4n) is 1.38. The molecule has 0 amide bonds. The van der Waals surface area contributed by atoms with Gasteiger partial charge in [-0.15, -0.1) is 0 Å². The number of rotatable bonds is 2. The lowest BCUT2D eigenvalue weighted by atomic mass is 10.2. The van der Waals surface area contributed by atoms with Crippen LogP contribution >= 0.6 is 0 Å². The maximum Gasteiger partial charge on any atom is 0.170 e. The second kappa shape index (κ2) is 4.01. The van der Waals surface area contributed by atoms with Gasteiger partial charge in [-0.3, -0.25) is 4.57 Å². The highest BCUT2D eigenvalue weighted by molar-refractivity contribution is 5.97. The number of nitrogens with zero attached hydrogens (tertiary/aromatic N) is 4. The van der Waals surface area contributed by atoms with E-state index in [1.54, 1.807) is 35.4 Å². The zero-order valence-corrected chi connectivity index (χ0v) is 8.70. The van der Waals surface area contributed by atoms with E-state index in [0.717, 1.165) is 5.69 Å². The van der Waals surface area contributed by atoms with Gasteiger partial charge in [0.2, 0.25) is 0 Å². The number of hydrogen-bond donors (Lipinski definition) is 2. The van der Waals surface area contributed by atoms with Crippen LogP contribution in [0.4, 0.5) is 0 Å². The van der Waals surface area contributed by atoms with Crippen molar-refractivity contribution in [1.82, 2.24) is 14.5 Å². The molecule has 0 unspecified atom stereocenters. The van der Waals surface area contributed by atoms with Crippen LogP contribution in [0.15, 0.2) is 36.0 Å². The maximum atomic E-state index is 8.62. The molecule has 2 aromatic rings. The summed E-state index contributed by atoms with van der Waals surface area (Å²) in [4.78, 5) is 8.26. The zero-order chi connectivity index (χ0) is 11.5. The Balaban J connectivity index is 2.52. The molecule has 16 heavy (non-hydrogen) atoms. The van der Waals surface area contributed by atoms with Crippen molar-refractivity contribution in [3.63, 3.8) is 0 Å². The van der Waals surface area contributed by atoms with Crippen molar-refractivity contribution < 1.29 is 5.21 Å². The first kappa shape index (κ1) is 10.2. The van der Waals surface area contributed by atoms with Crippen LogP contribution in [0.2, 0.25) is 0 Å². The van der Waals surface area contributed by atoms with Crippen LogP contribution in [0, 0.1) is 6.92 Å². The van der Waals surface area contributed by atoms with Gasteiger partial charge in [-0.05, 0) is 19.1 Å². The van der Waals surface area contributed by atoms with Crippen molar-refractivity contribution in [2.75, 3.05) is 0 Å². The molecule has 0 aliphatic carbocycles. The second-order valence-corrected chi connectivity index (χ2v) is 3.31. The zero-order valence-electron chi connectivity index (χ0n) is 8.70. The van der Waals surface area contributed by atoms with Crippen LogP contribution in [0.1, 0.15) is 11.3 Å². The minimum Gasteiger partial charge on any atom is -0.409 e. The Hall–Kier alpha value is -2.37. The standard InChI is InChI=1S/C10H11N5O/c1-7-4-8(10(11)14-16)5-9(13-7)15-3-2-12-6-15/h2-6,16H,1H3,(H2,11,14). The van der Waals surface area contributed by atoms with Crippen molar-refractivity contribution >= 4 is 5.84 Å². The largest absolute Gasteiger partial charge is 0.409 e. The highest BCUT2D eigenvalue weighted by atomic mass is 16.4. The predicted octanol–water partition coefficient (Wildman–Crippen LogP) is 0.670. The molecule has 6 nitrogen and oxygen atoms in total. The summed E-state index contributed by atoms with van der Waals surface area (Å²) in [5, 5.41) is 11.6. The summed E-state index contributed by atoms with van der Waals surface area (Å²) < 4.78 is 1.75. The number of hydrogen-bond acceptors (Lipinski definition) is 4. The molecule has 0 bridgehead atoms. The number of aromatic nitrogens is 3. The highest BCUT2D eigenvalue weighted by Crippen LogP contribution is 2.09. The van der Waals surface area contributed by atoms with E-state index in [0.29, 0.717) is 11.4 Å². The number of nitrogens with two attached hydrogens (primary N) is 1. The summed E-state index contributed by atoms with van der Waals surface area (Å²) in [6.07, 6.45) is 5.07. The van der Waals surface area contributed by atoms with E-state index in [1.807, 2.05) is 6.92 Å². The number of pyridine rings is 1. The van der Waals surface area contributed by atoms with Gasteiger partial charge in [0.1, 0.15) is 12.1 Å². The predicted molar refractivity (Wildman–Crippen MR) is 58.6 cm³/mol. The highest BCUT2D eigenvalue weighted by Gasteiger charge is 2.05. The van der Waals surface area contributed by atoms with Crippen LogP contribution < -0.4 is 5.73 Å². The molecule has 0 radical (unpaired) electrons. The van der Waals surface area contributed by atoms with Crippen molar-refractivity contribution in [3.8, 4) is 5.82 Å². The van der Waals surface area contributed by atoms with Crippen molar-refractivity contribution in [2.45, 2.75) is 6.92 Å². The number of imidazole rings is 1. The van der Waals surface area contributed by atoms with Gasteiger partial charge in [0, 0.05) is 23.7 Å². The first-order valence-corrected chi connectivity index (χ1v) is 4.65. The van der Waals surface area contributed by atoms with Crippen LogP contribution in [-0.4, -0.2) is 25.6 Å². The summed E-state index contributed by atoms with van der Waals surface area (Å²) >= 11 is 0. The number of oxime groups is 1. The van der Waals surface area contributed by atoms with Crippen molar-refractivity contribution in [2.24, 2.45) is 10.9 Å². The molecule has 82 valence electrons. The molecule has 2 heterocycles. The van der Waals surface area contributed by atoms with Gasteiger partial charge in [0.25, 0.3) is 0 Å². The van der Waals surface area contributed by atoms with Gasteiger partial charge in [-0.1, -0.05) is 5.16 Å². The Morgan fingerprint density at radius 2 is 2.31 bits per heavy atom. The van der Waals surface area contributed by atoms with Crippen LogP contribution in [0.5, 0.6) is 0 Å². The van der Waals surface area contributed by atoms with Crippen LogP contribution in [-0.2, 0) is 0 Å². The van der Waals surface area contributed by atoms with Gasteiger partial charge >= 0.3 is 0 Å². The van der Waals surface area contributed by atoms with E-state index in [1.165, 1.54) is 0 Å². The molecule has 0 saturated carbocycles. The molecule has 2 aromatic heterocycles. The average molecular weight is 217 g/mol. The molecule has 0 fully saturated rings. The third kappa shape index (κ3) is 1.85. The Bertz CT molecular complexity index is 518. The summed E-state index contributed by atoms with van der Waals surface area (Å²) in [7, 11) is 0. The molecule has 6 heteroatoms. The van der Waals surface area contributed by atoms with E-state index in [2.05, 4.69) is 15.1 Å². The Labute approximate surface area is 92.1 Å². The van der Waals surface area contributed by atoms with Crippen LogP contribution in [0.25, 0.3) is 5.82 Å². The van der Waals surface area contributed by atoms with Gasteiger partial charge < -0.3 is 10.9 Å². The van der Waals surface area contributed by atoms with E-state index < -0.39 is 0 Å². The molecule has 0 aliphatic heterocycles. The minimum absolute atomic E-state index is 0.0619. The fourth-order valence-corrected chi connectivity index (χ4v) is 1.38. The molecule has 0 atom stereocenters. The number of amidine groups is 1. The molecule has 0 aromatic carbocycles. The van der Waals surface area contributed by atoms with E-state index in [9.17, 15) is 0 Å². The molecule has 0 spiro atoms. The Kier molecular flexibility index (Phi) is 2.55. The van der Waals surface area contributed by atoms with E-state index >= 15 is 0 Å². The summed E-state index contributed by atoms with van der Waals surface area (Å²) in [5.41, 5.74) is 6.94. The minimum atomic E-state index is 0.0619. The second-order valence-electron chi connectivity index (χ2n) is 3.31. The molecule has 0 saturated heterocycles. The smallest absolute Gasteiger partial charge is 0.170 e. The van der Waals surface area contributed by atoms with Gasteiger partial charge in [-0.2, -0.15) is 0 Å². The van der Waals surface area contributed by atoms with E-state index in [4.69, 9.17) is 10.9 Å². The van der Waals surface area contributed by atoms with Crippen LogP contribution in [0.3, 0.4) is 0 Å². The molecule has 2 rings (SSSR count). The average Bonchev–Trinajstić information content (AvgIpc) is 2.80. The lowest BCUT2D eigenvalue weighted by Crippen LogP contribution is -2.14. The van der Waals surface area contributed by atoms with Crippen molar-refractivity contribution in [1.29, 1.82) is 0 Å². The lowest BCUT2D eigenvalue weighted by molar-refractivity contribution is 0.318. The SMILES string of the molecule is Cc1cc(/C(N)=N/O)cc(-n2ccnc2)n1. The quantitative estimate of drug-likeness (QED) is 0.335. The van der Waals surface area contributed by atoms with Gasteiger partial charge in [0.05, 0.1) is 0 Å². The van der Waals surface area contributed by atoms with Gasteiger partial charge in [0.15, 0.2) is 5.84 Å². The maximum absolute atomic E-state index is 8.62. The first-order valence-electron chi connectivity index (χ1n) is 4.65. The molecular formula is C10H11N5O. The van der Waals surface area contributed by atoms with Crippen molar-refractivity contribution in [3.05, 3.63) is 42.1 Å². The monoisotopic (exact) mass is 217 g/mol. The summed E-state index contributed by atoms with van der Waals surface area (Å²) in [6.45, 7) is 1.84. The Morgan fingerprint density at radius 1 is 1.50 bits per heavy atom. The first-order chi connectivity index (χ1) is 7.70. The normalized spacial score (nSPS) is 11.7. The van der Waals surface area contributed by atoms with Gasteiger partial charge in [-0.25, -0.2) is 9.97 Å². The number of aryl methyl sites for hydroxylation is 1. The third-order valence-corrected chi connectivity index (χ3v) is 2.11. The lowest BCUT2D eigenvalue weighted by Gasteiger charge is -2.05. The van der Waals surface area contributed by atoms with E-state index in [-0.39, 0.29) is 5.84 Å².